The van der Waals surface area contributed by atoms with E-state index in [1.807, 2.05) is 142 Å². The molecular formula is C77H109B2ClN8O13. The van der Waals surface area contributed by atoms with Gasteiger partial charge in [0.1, 0.15) is 18.3 Å². The minimum atomic E-state index is -1.26. The first kappa shape index (κ1) is 78.4. The first-order valence-electron chi connectivity index (χ1n) is 36.7. The maximum absolute atomic E-state index is 14.3. The Morgan fingerprint density at radius 3 is 1.61 bits per heavy atom. The first-order chi connectivity index (χ1) is 48.0. The van der Waals surface area contributed by atoms with Gasteiger partial charge in [0.2, 0.25) is 17.7 Å². The number of carboxylic acid groups (broad SMARTS) is 1. The van der Waals surface area contributed by atoms with Crippen molar-refractivity contribution >= 4 is 67.7 Å². The zero-order chi connectivity index (χ0) is 73.1. The van der Waals surface area contributed by atoms with Crippen LogP contribution in [0, 0.1) is 34.5 Å². The minimum Gasteiger partial charge on any atom is -0.480 e. The molecule has 2 bridgehead atoms. The van der Waals surface area contributed by atoms with Crippen molar-refractivity contribution < 1.29 is 62.4 Å². The number of urea groups is 2. The van der Waals surface area contributed by atoms with Crippen LogP contribution in [-0.4, -0.2) is 178 Å². The van der Waals surface area contributed by atoms with Crippen molar-refractivity contribution in [3.63, 3.8) is 0 Å². The number of nitrogens with one attached hydrogen (secondary N) is 4. The maximum atomic E-state index is 14.3. The van der Waals surface area contributed by atoms with Crippen LogP contribution in [0.2, 0.25) is 0 Å². The Morgan fingerprint density at radius 1 is 0.624 bits per heavy atom. The Hall–Kier alpha value is -6.69. The summed E-state index contributed by atoms with van der Waals surface area (Å²) in [6, 6.07) is 33.1. The molecule has 6 N–H and O–H groups in total. The minimum absolute atomic E-state index is 0.0345. The van der Waals surface area contributed by atoms with Gasteiger partial charge in [-0.25, -0.2) is 29.0 Å². The second-order valence-corrected chi connectivity index (χ2v) is 31.5. The highest BCUT2D eigenvalue weighted by atomic mass is 35.5. The van der Waals surface area contributed by atoms with Crippen molar-refractivity contribution in [2.45, 2.75) is 232 Å². The van der Waals surface area contributed by atoms with E-state index in [2.05, 4.69) is 69.3 Å². The number of rotatable bonds is 27. The predicted molar refractivity (Wildman–Crippen MR) is 390 cm³/mol. The Kier molecular flexibility index (Phi) is 26.6. The second-order valence-electron chi connectivity index (χ2n) is 31.3. The number of carbonyl (C=O) groups is 7. The fourth-order valence-corrected chi connectivity index (χ4v) is 16.5. The summed E-state index contributed by atoms with van der Waals surface area (Å²) in [7, 11) is -0.834. The van der Waals surface area contributed by atoms with Gasteiger partial charge in [-0.1, -0.05) is 191 Å². The molecular weight excluding hydrogens is 1300 g/mol. The third-order valence-corrected chi connectivity index (χ3v) is 22.5. The third kappa shape index (κ3) is 18.8. The summed E-state index contributed by atoms with van der Waals surface area (Å²) in [5.74, 6) is -3.20. The number of imide groups is 2. The second kappa shape index (κ2) is 34.3. The number of hydrogen-bond donors (Lipinski definition) is 6. The summed E-state index contributed by atoms with van der Waals surface area (Å²) >= 11 is 5.74. The number of nitrogens with zero attached hydrogens (tertiary/aromatic N) is 4. The number of aliphatic hydroxyl groups is 1. The molecule has 4 saturated heterocycles. The highest BCUT2D eigenvalue weighted by Gasteiger charge is 2.69. The van der Waals surface area contributed by atoms with Crippen LogP contribution in [0.3, 0.4) is 0 Å². The van der Waals surface area contributed by atoms with Crippen molar-refractivity contribution in [3.05, 3.63) is 144 Å². The van der Waals surface area contributed by atoms with Crippen LogP contribution < -0.4 is 20.8 Å². The van der Waals surface area contributed by atoms with Crippen molar-refractivity contribution in [1.82, 2.24) is 40.4 Å². The number of aliphatic hydroxyl groups excluding tert-OH is 1. The van der Waals surface area contributed by atoms with Gasteiger partial charge in [-0.05, 0) is 153 Å². The van der Waals surface area contributed by atoms with Gasteiger partial charge in [-0.3, -0.25) is 24.5 Å². The number of carboxylic acids is 1. The van der Waals surface area contributed by atoms with Crippen LogP contribution in [0.4, 0.5) is 9.59 Å². The standard InChI is InChI=1S/C39H53BN4O6.C26H33N3O5.C12H23BClNO2/c1-7-32(40-49-31-23-28-22-30(38(28,4)5)39(31,6)50-40)41-35(46)29-24-43(20-14-19-26-15-10-8-11-16-26)37(48)44(29)36(47)34(25(2)3)42-33(45)21-27-17-12-9-13-18-27;1-18(2)23(27-22(30)16-20-12-7-4-8-13-20)24(31)29-21(25(32)33)17-28(26(29)34)15-9-14-19-10-5-3-6-11-19;1-5-10(15-14)13-16-9-6-7-11(2,3)8-12(9,4)17-13/h8-13,15-18,25,28-32,34H,7,14,19-24H2,1-6H3,(H,41,46)(H,42,45);3-8,10-13,18,21-23,27,30H,9,14-17H2,1-2H3,(H,32,33);9-10,15H,5-8H2,1-4H3/t28?,29-,30?,31?,32-,34-,39-;21-,22?,23-;9?,10-,12-/m000/s1. The van der Waals surface area contributed by atoms with Crippen LogP contribution >= 0.6 is 11.8 Å². The van der Waals surface area contributed by atoms with Crippen molar-refractivity contribution in [3.8, 4) is 0 Å². The van der Waals surface area contributed by atoms with Gasteiger partial charge in [0.05, 0.1) is 60.8 Å². The molecule has 4 heterocycles. The Bertz CT molecular complexity index is 3440. The molecule has 0 radical (unpaired) electrons. The summed E-state index contributed by atoms with van der Waals surface area (Å²) in [5.41, 5.74) is 3.95. The molecule has 24 heteroatoms. The highest BCUT2D eigenvalue weighted by Crippen LogP contribution is 2.66. The lowest BCUT2D eigenvalue weighted by Gasteiger charge is -2.64. The van der Waals surface area contributed by atoms with E-state index in [1.54, 1.807) is 18.7 Å². The molecule has 8 fully saturated rings. The molecule has 13 atom stereocenters. The number of aliphatic carboxylic acids is 1. The zero-order valence-corrected chi connectivity index (χ0v) is 62.0. The molecule has 4 aromatic rings. The van der Waals surface area contributed by atoms with Gasteiger partial charge >= 0.3 is 32.3 Å². The highest BCUT2D eigenvalue weighted by molar-refractivity contribution is 6.48. The third-order valence-electron chi connectivity index (χ3n) is 22.2. The number of benzene rings is 4. The fourth-order valence-electron chi connectivity index (χ4n) is 16.3. The Labute approximate surface area is 604 Å². The average molecular weight is 1410 g/mol. The summed E-state index contributed by atoms with van der Waals surface area (Å²) in [6.45, 7) is 25.6. The number of fused-ring (bicyclic) bond motifs is 1. The topological polar surface area (TPSA) is 258 Å². The molecule has 0 spiro atoms. The number of amides is 8. The van der Waals surface area contributed by atoms with E-state index >= 15 is 0 Å². The maximum Gasteiger partial charge on any atom is 0.481 e. The molecule has 21 nitrogen and oxygen atoms in total. The van der Waals surface area contributed by atoms with Gasteiger partial charge in [-0.2, -0.15) is 0 Å². The largest absolute Gasteiger partial charge is 0.481 e. The Morgan fingerprint density at radius 2 is 1.11 bits per heavy atom. The molecule has 548 valence electrons. The lowest BCUT2D eigenvalue weighted by atomic mass is 9.43. The van der Waals surface area contributed by atoms with Gasteiger partial charge in [0.15, 0.2) is 6.04 Å². The van der Waals surface area contributed by atoms with E-state index in [0.29, 0.717) is 49.6 Å². The van der Waals surface area contributed by atoms with Crippen molar-refractivity contribution in [2.75, 3.05) is 26.2 Å². The molecule has 8 aliphatic rings. The number of halogens is 1. The van der Waals surface area contributed by atoms with Gasteiger partial charge in [-0.15, -0.1) is 0 Å². The van der Waals surface area contributed by atoms with E-state index in [1.165, 1.54) is 11.3 Å². The van der Waals surface area contributed by atoms with Crippen LogP contribution in [0.25, 0.3) is 0 Å². The monoisotopic (exact) mass is 1410 g/mol. The van der Waals surface area contributed by atoms with Crippen LogP contribution in [0.1, 0.15) is 163 Å². The van der Waals surface area contributed by atoms with E-state index in [0.717, 1.165) is 77.0 Å². The number of aryl methyl sites for hydroxylation is 2. The van der Waals surface area contributed by atoms with E-state index in [4.69, 9.17) is 30.4 Å². The number of carbonyl (C=O) groups excluding carboxylic acids is 6. The Balaban J connectivity index is 0.000000199. The summed E-state index contributed by atoms with van der Waals surface area (Å²) in [5, 5.41) is 29.2. The summed E-state index contributed by atoms with van der Waals surface area (Å²) in [6.07, 6.45) is 9.23. The molecule has 5 unspecified atom stereocenters. The summed E-state index contributed by atoms with van der Waals surface area (Å²) in [4.78, 5) is 102. The lowest BCUT2D eigenvalue weighted by Crippen LogP contribution is -2.65. The zero-order valence-electron chi connectivity index (χ0n) is 61.3. The average Bonchev–Trinajstić information content (AvgIpc) is 1.67. The van der Waals surface area contributed by atoms with Gasteiger partial charge in [0.25, 0.3) is 5.91 Å². The van der Waals surface area contributed by atoms with E-state index < -0.39 is 84.8 Å². The van der Waals surface area contributed by atoms with E-state index in [9.17, 15) is 43.8 Å². The SMILES string of the molecule is CC(C)[C@H](NC(O)Cc1ccccc1)C(=O)N1C(=O)N(CCCc2ccccc2)C[C@H]1C(=O)O.CC[C@H](NC(=O)[C@@H]1CN(CCCc2ccccc2)C(=O)N1C(=O)[C@@H](NC(=O)Cc1ccccc1)C(C)C)B1OC2CC3CC(C3(C)C)[C@]2(C)O1.CC[C@H](NCl)B1OC2CCC(C)(C)C[C@]2(C)O1. The van der Waals surface area contributed by atoms with Gasteiger partial charge < -0.3 is 49.3 Å². The smallest absolute Gasteiger partial charge is 0.480 e. The predicted octanol–water partition coefficient (Wildman–Crippen LogP) is 10.2. The molecule has 12 rings (SSSR count). The van der Waals surface area contributed by atoms with Crippen LogP contribution in [0.5, 0.6) is 0 Å². The molecule has 8 amide bonds. The first-order valence-corrected chi connectivity index (χ1v) is 37.1. The van der Waals surface area contributed by atoms with E-state index in [-0.39, 0.29) is 80.0 Å². The van der Waals surface area contributed by atoms with Crippen LogP contribution in [0.15, 0.2) is 121 Å². The molecule has 0 aromatic heterocycles. The van der Waals surface area contributed by atoms with Crippen LogP contribution in [-0.2, 0) is 68.3 Å². The van der Waals surface area contributed by atoms with Crippen molar-refractivity contribution in [1.29, 1.82) is 0 Å². The normalized spacial score (nSPS) is 26.1. The summed E-state index contributed by atoms with van der Waals surface area (Å²) < 4.78 is 25.4. The number of hydrogen-bond acceptors (Lipinski definition) is 14. The lowest BCUT2D eigenvalue weighted by molar-refractivity contribution is -0.199. The quantitative estimate of drug-likeness (QED) is 0.0184. The molecule has 101 heavy (non-hydrogen) atoms. The van der Waals surface area contributed by atoms with Crippen molar-refractivity contribution in [2.24, 2.45) is 34.5 Å². The molecule has 4 aliphatic heterocycles. The fraction of sp³-hybridized carbons (Fsp3) is 0.597. The molecule has 4 aliphatic carbocycles. The molecule has 4 saturated carbocycles. The molecule has 4 aromatic carbocycles. The van der Waals surface area contributed by atoms with Gasteiger partial charge in [0, 0.05) is 19.5 Å².